The van der Waals surface area contributed by atoms with Crippen LogP contribution in [0, 0.1) is 0 Å². The molecule has 1 aromatic carbocycles. The van der Waals surface area contributed by atoms with E-state index in [2.05, 4.69) is 0 Å². The largest absolute Gasteiger partial charge is 0.298 e. The smallest absolute Gasteiger partial charge is 0.227 e. The molecule has 3 heteroatoms. The predicted octanol–water partition coefficient (Wildman–Crippen LogP) is 2.11. The first-order valence-corrected chi connectivity index (χ1v) is 4.30. The van der Waals surface area contributed by atoms with Gasteiger partial charge in [0.1, 0.15) is 0 Å². The van der Waals surface area contributed by atoms with E-state index in [1.165, 1.54) is 11.5 Å². The number of fused-ring (bicyclic) bond motifs is 1. The van der Waals surface area contributed by atoms with Crippen LogP contribution in [-0.4, -0.2) is 16.8 Å². The number of benzene rings is 1. The number of aromatic nitrogens is 1. The number of nitrogens with zero attached hydrogens (tertiary/aromatic N) is 1. The Morgan fingerprint density at radius 2 is 2.14 bits per heavy atom. The Labute approximate surface area is 81.0 Å². The summed E-state index contributed by atoms with van der Waals surface area (Å²) in [7, 11) is 0. The summed E-state index contributed by atoms with van der Waals surface area (Å²) in [4.78, 5) is 22.0. The highest BCUT2D eigenvalue weighted by atomic mass is 16.1. The SMILES string of the molecule is CC(=O)n1ccc2cccc(C=O)c21. The molecule has 0 radical (unpaired) electrons. The highest BCUT2D eigenvalue weighted by Gasteiger charge is 2.07. The molecular weight excluding hydrogens is 178 g/mol. The lowest BCUT2D eigenvalue weighted by Gasteiger charge is -2.01. The Balaban J connectivity index is 2.87. The predicted molar refractivity (Wildman–Crippen MR) is 53.6 cm³/mol. The molecule has 0 aliphatic rings. The summed E-state index contributed by atoms with van der Waals surface area (Å²) < 4.78 is 1.49. The fourth-order valence-electron chi connectivity index (χ4n) is 1.58. The van der Waals surface area contributed by atoms with Crippen molar-refractivity contribution >= 4 is 23.1 Å². The zero-order valence-electron chi connectivity index (χ0n) is 7.73. The van der Waals surface area contributed by atoms with Crippen molar-refractivity contribution in [1.29, 1.82) is 0 Å². The number of aldehydes is 1. The first-order valence-electron chi connectivity index (χ1n) is 4.30. The molecule has 0 saturated carbocycles. The van der Waals surface area contributed by atoms with Crippen molar-refractivity contribution in [3.05, 3.63) is 36.0 Å². The molecule has 70 valence electrons. The Morgan fingerprint density at radius 3 is 2.79 bits per heavy atom. The highest BCUT2D eigenvalue weighted by Crippen LogP contribution is 2.18. The van der Waals surface area contributed by atoms with Gasteiger partial charge in [-0.3, -0.25) is 14.2 Å². The summed E-state index contributed by atoms with van der Waals surface area (Å²) in [6.45, 7) is 1.47. The van der Waals surface area contributed by atoms with E-state index in [1.54, 1.807) is 18.3 Å². The minimum atomic E-state index is -0.0886. The molecule has 2 aromatic rings. The maximum absolute atomic E-state index is 11.2. The molecular formula is C11H9NO2. The van der Waals surface area contributed by atoms with Crippen LogP contribution in [0.3, 0.4) is 0 Å². The fourth-order valence-corrected chi connectivity index (χ4v) is 1.58. The lowest BCUT2D eigenvalue weighted by molar-refractivity contribution is 0.0941. The van der Waals surface area contributed by atoms with Gasteiger partial charge in [0.15, 0.2) is 6.29 Å². The van der Waals surface area contributed by atoms with Crippen molar-refractivity contribution in [3.8, 4) is 0 Å². The molecule has 1 heterocycles. The molecule has 0 N–H and O–H groups in total. The molecule has 2 rings (SSSR count). The minimum Gasteiger partial charge on any atom is -0.298 e. The highest BCUT2D eigenvalue weighted by molar-refractivity contribution is 6.01. The number of hydrogen-bond acceptors (Lipinski definition) is 2. The molecule has 0 aliphatic carbocycles. The van der Waals surface area contributed by atoms with Gasteiger partial charge in [-0.2, -0.15) is 0 Å². The summed E-state index contributed by atoms with van der Waals surface area (Å²) >= 11 is 0. The number of rotatable bonds is 1. The molecule has 14 heavy (non-hydrogen) atoms. The van der Waals surface area contributed by atoms with E-state index in [4.69, 9.17) is 0 Å². The third kappa shape index (κ3) is 1.14. The zero-order chi connectivity index (χ0) is 10.1. The van der Waals surface area contributed by atoms with E-state index in [-0.39, 0.29) is 5.91 Å². The second kappa shape index (κ2) is 3.10. The molecule has 1 aromatic heterocycles. The third-order valence-electron chi connectivity index (χ3n) is 2.21. The van der Waals surface area contributed by atoms with Gasteiger partial charge in [0.05, 0.1) is 5.52 Å². The van der Waals surface area contributed by atoms with Crippen LogP contribution < -0.4 is 0 Å². The summed E-state index contributed by atoms with van der Waals surface area (Å²) in [6, 6.07) is 7.21. The minimum absolute atomic E-state index is 0.0886. The molecule has 0 unspecified atom stereocenters. The first kappa shape index (κ1) is 8.69. The van der Waals surface area contributed by atoms with E-state index >= 15 is 0 Å². The van der Waals surface area contributed by atoms with Crippen LogP contribution in [0.15, 0.2) is 30.5 Å². The van der Waals surface area contributed by atoms with Crippen LogP contribution in [0.2, 0.25) is 0 Å². The van der Waals surface area contributed by atoms with Crippen LogP contribution in [-0.2, 0) is 0 Å². The number of para-hydroxylation sites is 1. The Bertz CT molecular complexity index is 511. The lowest BCUT2D eigenvalue weighted by atomic mass is 10.1. The van der Waals surface area contributed by atoms with Crippen LogP contribution in [0.1, 0.15) is 22.1 Å². The van der Waals surface area contributed by atoms with Gasteiger partial charge in [-0.15, -0.1) is 0 Å². The van der Waals surface area contributed by atoms with Crippen LogP contribution >= 0.6 is 0 Å². The average Bonchev–Trinajstić information content (AvgIpc) is 2.60. The van der Waals surface area contributed by atoms with Gasteiger partial charge in [-0.25, -0.2) is 0 Å². The second-order valence-electron chi connectivity index (χ2n) is 3.11. The molecule has 0 amide bonds. The van der Waals surface area contributed by atoms with Crippen molar-refractivity contribution in [1.82, 2.24) is 4.57 Å². The van der Waals surface area contributed by atoms with Crippen molar-refractivity contribution in [3.63, 3.8) is 0 Å². The normalized spacial score (nSPS) is 10.4. The fraction of sp³-hybridized carbons (Fsp3) is 0.0909. The van der Waals surface area contributed by atoms with E-state index < -0.39 is 0 Å². The Kier molecular flexibility index (Phi) is 1.93. The molecule has 0 bridgehead atoms. The average molecular weight is 187 g/mol. The molecule has 0 atom stereocenters. The van der Waals surface area contributed by atoms with Gasteiger partial charge in [0.25, 0.3) is 0 Å². The third-order valence-corrected chi connectivity index (χ3v) is 2.21. The van der Waals surface area contributed by atoms with Gasteiger partial charge in [0, 0.05) is 24.1 Å². The number of carbonyl (C=O) groups is 2. The Morgan fingerprint density at radius 1 is 1.36 bits per heavy atom. The van der Waals surface area contributed by atoms with Crippen molar-refractivity contribution < 1.29 is 9.59 Å². The molecule has 0 aliphatic heterocycles. The van der Waals surface area contributed by atoms with E-state index in [1.807, 2.05) is 12.1 Å². The van der Waals surface area contributed by atoms with Crippen LogP contribution in [0.4, 0.5) is 0 Å². The van der Waals surface area contributed by atoms with E-state index in [9.17, 15) is 9.59 Å². The van der Waals surface area contributed by atoms with Crippen LogP contribution in [0.5, 0.6) is 0 Å². The Hall–Kier alpha value is -1.90. The van der Waals surface area contributed by atoms with Crippen molar-refractivity contribution in [2.24, 2.45) is 0 Å². The summed E-state index contributed by atoms with van der Waals surface area (Å²) in [5, 5.41) is 0.907. The summed E-state index contributed by atoms with van der Waals surface area (Å²) in [5.41, 5.74) is 1.23. The van der Waals surface area contributed by atoms with Gasteiger partial charge in [-0.05, 0) is 12.1 Å². The van der Waals surface area contributed by atoms with Gasteiger partial charge in [-0.1, -0.05) is 12.1 Å². The van der Waals surface area contributed by atoms with Gasteiger partial charge in [0.2, 0.25) is 5.91 Å². The van der Waals surface area contributed by atoms with Gasteiger partial charge < -0.3 is 0 Å². The van der Waals surface area contributed by atoms with Crippen molar-refractivity contribution in [2.75, 3.05) is 0 Å². The summed E-state index contributed by atoms with van der Waals surface area (Å²) in [5.74, 6) is -0.0886. The standard InChI is InChI=1S/C11H9NO2/c1-8(14)12-6-5-9-3-2-4-10(7-13)11(9)12/h2-7H,1H3. The monoisotopic (exact) mass is 187 g/mol. The van der Waals surface area contributed by atoms with Crippen molar-refractivity contribution in [2.45, 2.75) is 6.92 Å². The topological polar surface area (TPSA) is 39.1 Å². The maximum atomic E-state index is 11.2. The lowest BCUT2D eigenvalue weighted by Crippen LogP contribution is -2.04. The van der Waals surface area contributed by atoms with E-state index in [0.717, 1.165) is 11.7 Å². The molecule has 0 fully saturated rings. The molecule has 0 saturated heterocycles. The van der Waals surface area contributed by atoms with Gasteiger partial charge >= 0.3 is 0 Å². The first-order chi connectivity index (χ1) is 6.74. The summed E-state index contributed by atoms with van der Waals surface area (Å²) in [6.07, 6.45) is 2.45. The second-order valence-corrected chi connectivity index (χ2v) is 3.11. The molecule has 0 spiro atoms. The van der Waals surface area contributed by atoms with Crippen LogP contribution in [0.25, 0.3) is 10.9 Å². The number of carbonyl (C=O) groups excluding carboxylic acids is 2. The quantitative estimate of drug-likeness (QED) is 0.641. The zero-order valence-corrected chi connectivity index (χ0v) is 7.73. The van der Waals surface area contributed by atoms with E-state index in [0.29, 0.717) is 11.1 Å². The maximum Gasteiger partial charge on any atom is 0.227 e. The molecule has 3 nitrogen and oxygen atoms in total. The number of hydrogen-bond donors (Lipinski definition) is 0.